The van der Waals surface area contributed by atoms with Gasteiger partial charge in [0.15, 0.2) is 11.6 Å². The fourth-order valence-electron chi connectivity index (χ4n) is 4.11. The Labute approximate surface area is 171 Å². The summed E-state index contributed by atoms with van der Waals surface area (Å²) in [4.78, 5) is 45.2. The van der Waals surface area contributed by atoms with E-state index in [1.165, 1.54) is 0 Å². The Morgan fingerprint density at radius 1 is 1.23 bits per heavy atom. The molecule has 0 radical (unpaired) electrons. The average Bonchev–Trinajstić information content (AvgIpc) is 3.28. The summed E-state index contributed by atoms with van der Waals surface area (Å²) in [6.45, 7) is -1.06. The Hall–Kier alpha value is -3.67. The highest BCUT2D eigenvalue weighted by atomic mass is 16.5. The fraction of sp³-hybridized carbons (Fsp3) is 0.381. The van der Waals surface area contributed by atoms with E-state index in [0.717, 1.165) is 17.7 Å². The van der Waals surface area contributed by atoms with Crippen LogP contribution in [0.3, 0.4) is 0 Å². The number of hydrogen-bond donors (Lipinski definition) is 2. The second-order valence-electron chi connectivity index (χ2n) is 7.46. The van der Waals surface area contributed by atoms with E-state index < -0.39 is 24.9 Å². The van der Waals surface area contributed by atoms with Crippen LogP contribution in [0.1, 0.15) is 31.5 Å². The number of rotatable bonds is 5. The molecule has 154 valence electrons. The van der Waals surface area contributed by atoms with Gasteiger partial charge in [0.1, 0.15) is 24.8 Å². The fourth-order valence-corrected chi connectivity index (χ4v) is 4.11. The van der Waals surface area contributed by atoms with Gasteiger partial charge in [0, 0.05) is 0 Å². The van der Waals surface area contributed by atoms with Crippen molar-refractivity contribution in [3.05, 3.63) is 35.8 Å². The van der Waals surface area contributed by atoms with Crippen LogP contribution in [0.2, 0.25) is 0 Å². The predicted octanol–water partition coefficient (Wildman–Crippen LogP) is 2.07. The van der Waals surface area contributed by atoms with Gasteiger partial charge in [-0.3, -0.25) is 19.3 Å². The van der Waals surface area contributed by atoms with Crippen molar-refractivity contribution in [1.29, 1.82) is 5.26 Å². The average molecular weight is 408 g/mol. The Bertz CT molecular complexity index is 1040. The Morgan fingerprint density at radius 2 is 1.90 bits per heavy atom. The lowest BCUT2D eigenvalue weighted by Crippen LogP contribution is -2.36. The molecule has 2 heterocycles. The zero-order valence-corrected chi connectivity index (χ0v) is 16.1. The van der Waals surface area contributed by atoms with E-state index in [0.29, 0.717) is 23.9 Å². The summed E-state index contributed by atoms with van der Waals surface area (Å²) in [6.07, 6.45) is 3.12. The number of imidazole rings is 1. The molecular formula is C21H20N4O5. The SMILES string of the molecule is N#C/C(=C(/O)COC(=O)CN1C(=O)[C@H]2CCCC[C@@H]2C1=O)c1nc2ccccc2[nH]1. The highest BCUT2D eigenvalue weighted by molar-refractivity contribution is 6.07. The third-order valence-electron chi connectivity index (χ3n) is 5.62. The second-order valence-corrected chi connectivity index (χ2v) is 7.46. The van der Waals surface area contributed by atoms with Crippen LogP contribution < -0.4 is 0 Å². The number of allylic oxidation sites excluding steroid dienone is 1. The number of benzene rings is 1. The number of fused-ring (bicyclic) bond motifs is 2. The first-order valence-electron chi connectivity index (χ1n) is 9.77. The Morgan fingerprint density at radius 3 is 2.53 bits per heavy atom. The van der Waals surface area contributed by atoms with Crippen LogP contribution >= 0.6 is 0 Å². The number of amides is 2. The lowest BCUT2D eigenvalue weighted by molar-refractivity contribution is -0.152. The zero-order valence-electron chi connectivity index (χ0n) is 16.1. The first kappa shape index (κ1) is 19.6. The number of nitrogens with one attached hydrogen (secondary N) is 1. The van der Waals surface area contributed by atoms with Crippen molar-refractivity contribution in [3.8, 4) is 6.07 Å². The molecule has 9 nitrogen and oxygen atoms in total. The topological polar surface area (TPSA) is 136 Å². The number of nitriles is 1. The molecule has 2 amide bonds. The molecule has 0 spiro atoms. The third kappa shape index (κ3) is 3.52. The van der Waals surface area contributed by atoms with E-state index in [2.05, 4.69) is 9.97 Å². The molecule has 1 saturated heterocycles. The number of aliphatic hydroxyl groups is 1. The number of aromatic nitrogens is 2. The van der Waals surface area contributed by atoms with E-state index >= 15 is 0 Å². The lowest BCUT2D eigenvalue weighted by atomic mass is 9.81. The van der Waals surface area contributed by atoms with Crippen molar-refractivity contribution < 1.29 is 24.2 Å². The number of nitrogens with zero attached hydrogens (tertiary/aromatic N) is 3. The van der Waals surface area contributed by atoms with Crippen LogP contribution in [0.5, 0.6) is 0 Å². The van der Waals surface area contributed by atoms with Crippen LogP contribution in [0, 0.1) is 23.2 Å². The monoisotopic (exact) mass is 408 g/mol. The molecule has 0 bridgehead atoms. The summed E-state index contributed by atoms with van der Waals surface area (Å²) in [6, 6.07) is 8.98. The predicted molar refractivity (Wildman–Crippen MR) is 104 cm³/mol. The molecular weight excluding hydrogens is 388 g/mol. The minimum Gasteiger partial charge on any atom is -0.507 e. The summed E-state index contributed by atoms with van der Waals surface area (Å²) >= 11 is 0. The molecule has 30 heavy (non-hydrogen) atoms. The van der Waals surface area contributed by atoms with Crippen molar-refractivity contribution in [2.75, 3.05) is 13.2 Å². The maximum Gasteiger partial charge on any atom is 0.326 e. The van der Waals surface area contributed by atoms with E-state index in [9.17, 15) is 24.8 Å². The van der Waals surface area contributed by atoms with E-state index in [1.54, 1.807) is 24.3 Å². The van der Waals surface area contributed by atoms with Gasteiger partial charge >= 0.3 is 5.97 Å². The van der Waals surface area contributed by atoms with Crippen LogP contribution in [0.15, 0.2) is 30.0 Å². The van der Waals surface area contributed by atoms with Gasteiger partial charge in [0.25, 0.3) is 0 Å². The summed E-state index contributed by atoms with van der Waals surface area (Å²) in [7, 11) is 0. The minimum absolute atomic E-state index is 0.154. The lowest BCUT2D eigenvalue weighted by Gasteiger charge is -2.19. The van der Waals surface area contributed by atoms with Gasteiger partial charge in [-0.1, -0.05) is 25.0 Å². The molecule has 1 aromatic carbocycles. The summed E-state index contributed by atoms with van der Waals surface area (Å²) in [5.41, 5.74) is 1.16. The molecule has 4 rings (SSSR count). The van der Waals surface area contributed by atoms with E-state index in [-0.39, 0.29) is 35.0 Å². The molecule has 2 aromatic rings. The molecule has 2 N–H and O–H groups in total. The number of carbonyl (C=O) groups excluding carboxylic acids is 3. The van der Waals surface area contributed by atoms with Gasteiger partial charge in [0.05, 0.1) is 22.9 Å². The molecule has 2 aliphatic rings. The van der Waals surface area contributed by atoms with Crippen molar-refractivity contribution >= 4 is 34.4 Å². The summed E-state index contributed by atoms with van der Waals surface area (Å²) < 4.78 is 5.01. The van der Waals surface area contributed by atoms with Gasteiger partial charge in [-0.15, -0.1) is 0 Å². The quantitative estimate of drug-likeness (QED) is 0.334. The Kier molecular flexibility index (Phi) is 5.23. The molecule has 1 aliphatic carbocycles. The van der Waals surface area contributed by atoms with Crippen molar-refractivity contribution in [2.45, 2.75) is 25.7 Å². The zero-order chi connectivity index (χ0) is 21.3. The van der Waals surface area contributed by atoms with E-state index in [4.69, 9.17) is 4.74 Å². The first-order valence-corrected chi connectivity index (χ1v) is 9.77. The van der Waals surface area contributed by atoms with Gasteiger partial charge in [-0.2, -0.15) is 5.26 Å². The van der Waals surface area contributed by atoms with E-state index in [1.807, 2.05) is 6.07 Å². The van der Waals surface area contributed by atoms with Crippen molar-refractivity contribution in [3.63, 3.8) is 0 Å². The number of aliphatic hydroxyl groups excluding tert-OH is 1. The molecule has 1 aliphatic heterocycles. The number of imide groups is 1. The number of ether oxygens (including phenoxy) is 1. The van der Waals surface area contributed by atoms with Gasteiger partial charge in [-0.25, -0.2) is 4.98 Å². The smallest absolute Gasteiger partial charge is 0.326 e. The number of aromatic amines is 1. The molecule has 2 atom stereocenters. The number of para-hydroxylation sites is 2. The largest absolute Gasteiger partial charge is 0.507 e. The maximum absolute atomic E-state index is 12.4. The molecule has 2 fully saturated rings. The standard InChI is InChI=1S/C21H20N4O5/c22-9-14(19-23-15-7-3-4-8-16(15)24-19)17(26)11-30-18(27)10-25-20(28)12-5-1-2-6-13(12)21(25)29/h3-4,7-8,12-13,26H,1-2,5-6,10-11H2,(H,23,24)/b17-14-/t12-,13-/m0/s1. The summed E-state index contributed by atoms with van der Waals surface area (Å²) in [5, 5.41) is 19.6. The van der Waals surface area contributed by atoms with Crippen LogP contribution in [-0.4, -0.2) is 50.9 Å². The minimum atomic E-state index is -0.830. The second kappa shape index (κ2) is 7.99. The number of hydrogen-bond acceptors (Lipinski definition) is 7. The van der Waals surface area contributed by atoms with Crippen LogP contribution in [0.4, 0.5) is 0 Å². The molecule has 9 heteroatoms. The van der Waals surface area contributed by atoms with Gasteiger partial charge in [-0.05, 0) is 25.0 Å². The highest BCUT2D eigenvalue weighted by Gasteiger charge is 2.48. The third-order valence-corrected chi connectivity index (χ3v) is 5.62. The van der Waals surface area contributed by atoms with Crippen molar-refractivity contribution in [2.24, 2.45) is 11.8 Å². The molecule has 0 unspecified atom stereocenters. The van der Waals surface area contributed by atoms with Crippen LogP contribution in [0.25, 0.3) is 16.6 Å². The number of carbonyl (C=O) groups is 3. The van der Waals surface area contributed by atoms with Gasteiger partial charge < -0.3 is 14.8 Å². The number of esters is 1. The maximum atomic E-state index is 12.4. The normalized spacial score (nSPS) is 21.9. The summed E-state index contributed by atoms with van der Waals surface area (Å²) in [5.74, 6) is -2.50. The first-order chi connectivity index (χ1) is 14.5. The van der Waals surface area contributed by atoms with Crippen molar-refractivity contribution in [1.82, 2.24) is 14.9 Å². The molecule has 1 aromatic heterocycles. The molecule has 1 saturated carbocycles. The Balaban J connectivity index is 1.42. The highest BCUT2D eigenvalue weighted by Crippen LogP contribution is 2.37. The van der Waals surface area contributed by atoms with Gasteiger partial charge in [0.2, 0.25) is 11.8 Å². The van der Waals surface area contributed by atoms with Crippen LogP contribution in [-0.2, 0) is 19.1 Å². The number of H-pyrrole nitrogens is 1. The number of likely N-dealkylation sites (tertiary alicyclic amines) is 1.